The molecule has 0 saturated carbocycles. The minimum Gasteiger partial charge on any atom is -0.329 e. The lowest BCUT2D eigenvalue weighted by Gasteiger charge is -2.00. The van der Waals surface area contributed by atoms with E-state index < -0.39 is 0 Å². The van der Waals surface area contributed by atoms with Gasteiger partial charge >= 0.3 is 0 Å². The van der Waals surface area contributed by atoms with E-state index in [4.69, 9.17) is 5.73 Å². The van der Waals surface area contributed by atoms with Gasteiger partial charge in [-0.25, -0.2) is 0 Å². The Morgan fingerprint density at radius 1 is 0.613 bits per heavy atom. The zero-order valence-electron chi connectivity index (χ0n) is 18.2. The highest BCUT2D eigenvalue weighted by atomic mass is 14.9. The van der Waals surface area contributed by atoms with Gasteiger partial charge < -0.3 is 16.4 Å². The number of nitrogens with zero attached hydrogens (tertiary/aromatic N) is 3. The third-order valence-corrected chi connectivity index (χ3v) is 4.40. The third kappa shape index (κ3) is 11.1. The van der Waals surface area contributed by atoms with Gasteiger partial charge in [0.05, 0.1) is 19.6 Å². The van der Waals surface area contributed by atoms with Crippen LogP contribution in [0.25, 0.3) is 6.08 Å². The molecule has 2 aromatic rings. The molecule has 4 N–H and O–H groups in total. The van der Waals surface area contributed by atoms with Crippen LogP contribution in [0.15, 0.2) is 70.1 Å². The number of benzene rings is 2. The van der Waals surface area contributed by atoms with Gasteiger partial charge in [0.15, 0.2) is 0 Å². The molecule has 0 aromatic heterocycles. The Labute approximate surface area is 186 Å². The van der Waals surface area contributed by atoms with Crippen molar-refractivity contribution in [2.45, 2.75) is 0 Å². The molecule has 0 radical (unpaired) electrons. The number of nitrogens with two attached hydrogens (primary N) is 1. The van der Waals surface area contributed by atoms with Gasteiger partial charge in [0.25, 0.3) is 0 Å². The van der Waals surface area contributed by atoms with Gasteiger partial charge in [0.2, 0.25) is 0 Å². The van der Waals surface area contributed by atoms with E-state index in [9.17, 15) is 0 Å². The van der Waals surface area contributed by atoms with Crippen molar-refractivity contribution < 1.29 is 0 Å². The van der Waals surface area contributed by atoms with E-state index in [0.29, 0.717) is 6.54 Å². The standard InChI is InChI=1S/C25H34N6/c1-2-22-3-5-23(6-4-22)19-30-17-14-28-15-18-31-21-25-9-7-24(8-10-25)20-29-16-13-27-12-11-26/h2-10,19-21,27-28H,1,11-18,26H2/b29-20+,30-19+,31-21+. The fourth-order valence-corrected chi connectivity index (χ4v) is 2.68. The largest absolute Gasteiger partial charge is 0.329 e. The topological polar surface area (TPSA) is 87.2 Å². The molecule has 0 aliphatic carbocycles. The first-order chi connectivity index (χ1) is 15.3. The van der Waals surface area contributed by atoms with Crippen molar-refractivity contribution in [3.8, 4) is 0 Å². The van der Waals surface area contributed by atoms with Crippen LogP contribution in [0, 0.1) is 0 Å². The van der Waals surface area contributed by atoms with E-state index in [1.54, 1.807) is 0 Å². The molecule has 164 valence electrons. The molecule has 0 saturated heterocycles. The summed E-state index contributed by atoms with van der Waals surface area (Å²) in [5.41, 5.74) is 9.83. The minimum absolute atomic E-state index is 0.656. The SMILES string of the molecule is C=Cc1ccc(/C=N/CCNCC/N=C/c2ccc(/C=N/CCNCCN)cc2)cc1. The molecule has 0 aliphatic rings. The Kier molecular flexibility index (Phi) is 12.4. The van der Waals surface area contributed by atoms with Crippen LogP contribution in [0.4, 0.5) is 0 Å². The predicted octanol–water partition coefficient (Wildman–Crippen LogP) is 2.42. The van der Waals surface area contributed by atoms with Gasteiger partial charge in [-0.3, -0.25) is 15.0 Å². The molecule has 6 nitrogen and oxygen atoms in total. The number of hydrogen-bond acceptors (Lipinski definition) is 6. The maximum Gasteiger partial charge on any atom is 0.0514 e. The van der Waals surface area contributed by atoms with E-state index >= 15 is 0 Å². The maximum atomic E-state index is 5.43. The summed E-state index contributed by atoms with van der Waals surface area (Å²) in [5, 5.41) is 6.57. The summed E-state index contributed by atoms with van der Waals surface area (Å²) in [7, 11) is 0. The van der Waals surface area contributed by atoms with Crippen molar-refractivity contribution in [1.82, 2.24) is 10.6 Å². The highest BCUT2D eigenvalue weighted by molar-refractivity contribution is 5.84. The molecule has 2 rings (SSSR count). The number of aliphatic imine (C=N–C) groups is 3. The van der Waals surface area contributed by atoms with Crippen LogP contribution in [-0.2, 0) is 0 Å². The summed E-state index contributed by atoms with van der Waals surface area (Å²) in [5.74, 6) is 0. The Hall–Kier alpha value is -2.93. The van der Waals surface area contributed by atoms with Crippen LogP contribution < -0.4 is 16.4 Å². The fraction of sp³-hybridized carbons (Fsp3) is 0.320. The molecule has 0 amide bonds. The van der Waals surface area contributed by atoms with Crippen molar-refractivity contribution in [1.29, 1.82) is 0 Å². The third-order valence-electron chi connectivity index (χ3n) is 4.40. The van der Waals surface area contributed by atoms with E-state index in [1.807, 2.05) is 49.0 Å². The number of nitrogens with one attached hydrogen (secondary N) is 2. The van der Waals surface area contributed by atoms with Gasteiger partial charge in [-0.15, -0.1) is 0 Å². The zero-order chi connectivity index (χ0) is 22.0. The zero-order valence-corrected chi connectivity index (χ0v) is 18.2. The summed E-state index contributed by atoms with van der Waals surface area (Å²) < 4.78 is 0. The molecule has 31 heavy (non-hydrogen) atoms. The average Bonchev–Trinajstić information content (AvgIpc) is 2.81. The molecule has 0 aliphatic heterocycles. The molecule has 0 fully saturated rings. The van der Waals surface area contributed by atoms with Crippen LogP contribution >= 0.6 is 0 Å². The molecular weight excluding hydrogens is 384 g/mol. The molecule has 0 spiro atoms. The molecule has 2 aromatic carbocycles. The van der Waals surface area contributed by atoms with Crippen LogP contribution in [0.2, 0.25) is 0 Å². The summed E-state index contributed by atoms with van der Waals surface area (Å²) in [4.78, 5) is 13.3. The maximum absolute atomic E-state index is 5.43. The van der Waals surface area contributed by atoms with Gasteiger partial charge in [-0.2, -0.15) is 0 Å². The molecule has 0 atom stereocenters. The lowest BCUT2D eigenvalue weighted by atomic mass is 10.1. The van der Waals surface area contributed by atoms with Crippen LogP contribution in [0.3, 0.4) is 0 Å². The minimum atomic E-state index is 0.656. The summed E-state index contributed by atoms with van der Waals surface area (Å²) in [6.45, 7) is 10.0. The lowest BCUT2D eigenvalue weighted by molar-refractivity contribution is 0.697. The normalized spacial score (nSPS) is 11.8. The molecular formula is C25H34N6. The second-order valence-electron chi connectivity index (χ2n) is 6.93. The van der Waals surface area contributed by atoms with E-state index in [1.165, 1.54) is 0 Å². The van der Waals surface area contributed by atoms with Crippen LogP contribution in [-0.4, -0.2) is 71.0 Å². The smallest absolute Gasteiger partial charge is 0.0514 e. The summed E-state index contributed by atoms with van der Waals surface area (Å²) >= 11 is 0. The first-order valence-electron chi connectivity index (χ1n) is 10.8. The Balaban J connectivity index is 1.55. The molecule has 0 unspecified atom stereocenters. The Morgan fingerprint density at radius 2 is 0.968 bits per heavy atom. The quantitative estimate of drug-likeness (QED) is 0.307. The number of hydrogen-bond donors (Lipinski definition) is 3. The predicted molar refractivity (Wildman–Crippen MR) is 135 cm³/mol. The Morgan fingerprint density at radius 3 is 1.32 bits per heavy atom. The van der Waals surface area contributed by atoms with Crippen molar-refractivity contribution in [3.05, 3.63) is 77.4 Å². The highest BCUT2D eigenvalue weighted by Crippen LogP contribution is 2.03. The fourth-order valence-electron chi connectivity index (χ4n) is 2.68. The lowest BCUT2D eigenvalue weighted by Crippen LogP contribution is -2.24. The van der Waals surface area contributed by atoms with Crippen LogP contribution in [0.1, 0.15) is 22.3 Å². The van der Waals surface area contributed by atoms with Gasteiger partial charge in [-0.1, -0.05) is 61.2 Å². The molecule has 6 heteroatoms. The van der Waals surface area contributed by atoms with Gasteiger partial charge in [0.1, 0.15) is 0 Å². The van der Waals surface area contributed by atoms with E-state index in [2.05, 4.69) is 56.5 Å². The monoisotopic (exact) mass is 418 g/mol. The van der Waals surface area contributed by atoms with Crippen molar-refractivity contribution in [3.63, 3.8) is 0 Å². The number of rotatable bonds is 15. The summed E-state index contributed by atoms with van der Waals surface area (Å²) in [6, 6.07) is 16.4. The summed E-state index contributed by atoms with van der Waals surface area (Å²) in [6.07, 6.45) is 7.54. The first-order valence-corrected chi connectivity index (χ1v) is 10.8. The van der Waals surface area contributed by atoms with E-state index in [0.717, 1.165) is 68.1 Å². The van der Waals surface area contributed by atoms with Crippen molar-refractivity contribution >= 4 is 24.7 Å². The second kappa shape index (κ2) is 15.8. The average molecular weight is 419 g/mol. The van der Waals surface area contributed by atoms with E-state index in [-0.39, 0.29) is 0 Å². The Bertz CT molecular complexity index is 822. The molecule has 0 heterocycles. The van der Waals surface area contributed by atoms with Crippen LogP contribution in [0.5, 0.6) is 0 Å². The molecule has 0 bridgehead atoms. The highest BCUT2D eigenvalue weighted by Gasteiger charge is 1.91. The second-order valence-corrected chi connectivity index (χ2v) is 6.93. The van der Waals surface area contributed by atoms with Crippen molar-refractivity contribution in [2.24, 2.45) is 20.7 Å². The first kappa shape index (κ1) is 24.3. The van der Waals surface area contributed by atoms with Gasteiger partial charge in [0, 0.05) is 51.4 Å². The van der Waals surface area contributed by atoms with Crippen molar-refractivity contribution in [2.75, 3.05) is 52.4 Å². The van der Waals surface area contributed by atoms with Gasteiger partial charge in [-0.05, 0) is 22.3 Å².